The van der Waals surface area contributed by atoms with Crippen molar-refractivity contribution < 1.29 is 19.1 Å². The number of aromatic amines is 1. The highest BCUT2D eigenvalue weighted by Crippen LogP contribution is 2.33. The van der Waals surface area contributed by atoms with Crippen LogP contribution in [0, 0.1) is 0 Å². The molecule has 2 aliphatic rings. The standard InChI is InChI=1S/C27H21ClN8O5S/c1-40-19-6-5-13(33-27(39)35-9-14-8-18(35)26(38)41-14)7-17(19)36-20(34-16-4-2-3-15(28)21(16)25(36)37)10-42-24-22-23(30-11-29-22)31-12-32-24/h2-7,11-12,14,18H,8-10H2,1H3,(H,33,39)(H,29,30,31,32)/t14-,18-/m0/s1. The number of aromatic nitrogens is 6. The molecule has 212 valence electrons. The highest BCUT2D eigenvalue weighted by Gasteiger charge is 2.48. The number of hydrogen-bond acceptors (Lipinski definition) is 10. The number of H-pyrrole nitrogens is 1. The number of urea groups is 1. The number of amides is 2. The molecule has 7 rings (SSSR count). The van der Waals surface area contributed by atoms with Crippen molar-refractivity contribution >= 4 is 63.1 Å². The highest BCUT2D eigenvalue weighted by molar-refractivity contribution is 7.98. The van der Waals surface area contributed by atoms with Crippen molar-refractivity contribution in [1.29, 1.82) is 0 Å². The summed E-state index contributed by atoms with van der Waals surface area (Å²) >= 11 is 7.81. The minimum Gasteiger partial charge on any atom is -0.495 e. The Balaban J connectivity index is 1.30. The number of carbonyl (C=O) groups is 2. The van der Waals surface area contributed by atoms with Gasteiger partial charge in [-0.1, -0.05) is 29.4 Å². The fourth-order valence-corrected chi connectivity index (χ4v) is 6.39. The summed E-state index contributed by atoms with van der Waals surface area (Å²) in [5.74, 6) is 0.592. The van der Waals surface area contributed by atoms with Crippen LogP contribution in [0.3, 0.4) is 0 Å². The Labute approximate surface area is 246 Å². The third-order valence-electron chi connectivity index (χ3n) is 7.19. The number of morpholine rings is 1. The monoisotopic (exact) mass is 604 g/mol. The van der Waals surface area contributed by atoms with Gasteiger partial charge in [0, 0.05) is 12.1 Å². The zero-order valence-electron chi connectivity index (χ0n) is 21.9. The lowest BCUT2D eigenvalue weighted by Crippen LogP contribution is -2.46. The summed E-state index contributed by atoms with van der Waals surface area (Å²) in [6.45, 7) is 0.325. The van der Waals surface area contributed by atoms with E-state index in [0.29, 0.717) is 57.6 Å². The number of methoxy groups -OCH3 is 1. The number of carbonyl (C=O) groups excluding carboxylic acids is 2. The molecule has 5 aromatic rings. The minimum absolute atomic E-state index is 0.232. The molecule has 2 saturated heterocycles. The fourth-order valence-electron chi connectivity index (χ4n) is 5.27. The number of esters is 1. The third kappa shape index (κ3) is 4.39. The number of fused-ring (bicyclic) bond motifs is 4. The van der Waals surface area contributed by atoms with Gasteiger partial charge in [0.1, 0.15) is 40.6 Å². The van der Waals surface area contributed by atoms with E-state index in [4.69, 9.17) is 26.1 Å². The molecule has 2 aromatic carbocycles. The Hall–Kier alpha value is -4.69. The molecule has 2 atom stereocenters. The molecule has 5 heterocycles. The van der Waals surface area contributed by atoms with Gasteiger partial charge in [0.2, 0.25) is 0 Å². The van der Waals surface area contributed by atoms with E-state index in [1.54, 1.807) is 36.4 Å². The van der Waals surface area contributed by atoms with Gasteiger partial charge in [0.15, 0.2) is 5.65 Å². The Kier molecular flexibility index (Phi) is 6.43. The van der Waals surface area contributed by atoms with Crippen molar-refractivity contribution in [3.8, 4) is 11.4 Å². The van der Waals surface area contributed by atoms with Gasteiger partial charge < -0.3 is 24.7 Å². The van der Waals surface area contributed by atoms with Crippen LogP contribution in [0.25, 0.3) is 27.8 Å². The summed E-state index contributed by atoms with van der Waals surface area (Å²) < 4.78 is 12.2. The molecule has 0 radical (unpaired) electrons. The largest absolute Gasteiger partial charge is 0.495 e. The summed E-state index contributed by atoms with van der Waals surface area (Å²) in [7, 11) is 1.49. The maximum absolute atomic E-state index is 14.1. The molecule has 3 aromatic heterocycles. The zero-order valence-corrected chi connectivity index (χ0v) is 23.5. The fraction of sp³-hybridized carbons (Fsp3) is 0.222. The number of rotatable bonds is 6. The SMILES string of the molecule is COc1ccc(NC(=O)N2C[C@@H]3C[C@H]2C(=O)O3)cc1-n1c(CSc2ncnc3[nH]cnc23)nc2cccc(Cl)c2c1=O. The predicted octanol–water partition coefficient (Wildman–Crippen LogP) is 3.54. The molecule has 2 fully saturated rings. The van der Waals surface area contributed by atoms with E-state index in [0.717, 1.165) is 0 Å². The minimum atomic E-state index is -0.603. The average molecular weight is 605 g/mol. The van der Waals surface area contributed by atoms with Gasteiger partial charge in [-0.15, -0.1) is 0 Å². The quantitative estimate of drug-likeness (QED) is 0.167. The number of hydrogen-bond donors (Lipinski definition) is 2. The Morgan fingerprint density at radius 1 is 1.24 bits per heavy atom. The maximum Gasteiger partial charge on any atom is 0.329 e. The molecule has 42 heavy (non-hydrogen) atoms. The molecule has 0 saturated carbocycles. The number of anilines is 1. The first-order valence-electron chi connectivity index (χ1n) is 12.8. The smallest absolute Gasteiger partial charge is 0.329 e. The Morgan fingerprint density at radius 3 is 2.93 bits per heavy atom. The summed E-state index contributed by atoms with van der Waals surface area (Å²) in [4.78, 5) is 61.3. The second-order valence-corrected chi connectivity index (χ2v) is 11.0. The lowest BCUT2D eigenvalue weighted by atomic mass is 10.2. The number of thioether (sulfide) groups is 1. The van der Waals surface area contributed by atoms with Gasteiger partial charge in [-0.25, -0.2) is 29.5 Å². The van der Waals surface area contributed by atoms with Crippen LogP contribution in [-0.4, -0.2) is 72.2 Å². The molecular weight excluding hydrogens is 584 g/mol. The Morgan fingerprint density at radius 2 is 2.12 bits per heavy atom. The van der Waals surface area contributed by atoms with Gasteiger partial charge in [-0.3, -0.25) is 9.36 Å². The van der Waals surface area contributed by atoms with Crippen LogP contribution in [-0.2, 0) is 15.3 Å². The average Bonchev–Trinajstić information content (AvgIpc) is 3.72. The second kappa shape index (κ2) is 10.3. The van der Waals surface area contributed by atoms with Crippen LogP contribution < -0.4 is 15.6 Å². The lowest BCUT2D eigenvalue weighted by molar-refractivity contribution is -0.149. The van der Waals surface area contributed by atoms with Gasteiger partial charge >= 0.3 is 12.0 Å². The van der Waals surface area contributed by atoms with Crippen molar-refractivity contribution in [1.82, 2.24) is 34.4 Å². The van der Waals surface area contributed by atoms with Gasteiger partial charge in [-0.05, 0) is 30.3 Å². The van der Waals surface area contributed by atoms with Crippen LogP contribution >= 0.6 is 23.4 Å². The molecule has 0 unspecified atom stereocenters. The lowest BCUT2D eigenvalue weighted by Gasteiger charge is -2.26. The van der Waals surface area contributed by atoms with Gasteiger partial charge in [0.25, 0.3) is 5.56 Å². The highest BCUT2D eigenvalue weighted by atomic mass is 35.5. The first-order valence-corrected chi connectivity index (χ1v) is 14.2. The number of halogens is 1. The van der Waals surface area contributed by atoms with E-state index in [9.17, 15) is 14.4 Å². The molecule has 2 N–H and O–H groups in total. The predicted molar refractivity (Wildman–Crippen MR) is 154 cm³/mol. The van der Waals surface area contributed by atoms with Gasteiger partial charge in [-0.2, -0.15) is 0 Å². The summed E-state index contributed by atoms with van der Waals surface area (Å²) in [5, 5.41) is 3.95. The van der Waals surface area contributed by atoms with Crippen LogP contribution in [0.1, 0.15) is 12.2 Å². The van der Waals surface area contributed by atoms with Gasteiger partial charge in [0.05, 0.1) is 47.3 Å². The normalized spacial score (nSPS) is 17.7. The summed E-state index contributed by atoms with van der Waals surface area (Å²) in [6, 6.07) is 8.96. The molecule has 2 bridgehead atoms. The third-order valence-corrected chi connectivity index (χ3v) is 8.48. The number of nitrogens with one attached hydrogen (secondary N) is 2. The molecular formula is C27H21ClN8O5S. The van der Waals surface area contributed by atoms with Crippen molar-refractivity contribution in [2.24, 2.45) is 0 Å². The number of benzene rings is 2. The second-order valence-electron chi connectivity index (χ2n) is 9.65. The maximum atomic E-state index is 14.1. The first-order chi connectivity index (χ1) is 20.4. The van der Waals surface area contributed by atoms with Crippen molar-refractivity contribution in [3.63, 3.8) is 0 Å². The van der Waals surface area contributed by atoms with Crippen LogP contribution in [0.4, 0.5) is 10.5 Å². The topological polar surface area (TPSA) is 157 Å². The molecule has 13 nitrogen and oxygen atoms in total. The van der Waals surface area contributed by atoms with Crippen molar-refractivity contribution in [3.05, 3.63) is 70.3 Å². The van der Waals surface area contributed by atoms with Crippen molar-refractivity contribution in [2.45, 2.75) is 29.3 Å². The molecule has 0 aliphatic carbocycles. The van der Waals surface area contributed by atoms with Crippen molar-refractivity contribution in [2.75, 3.05) is 19.0 Å². The molecule has 0 spiro atoms. The van der Waals surface area contributed by atoms with Crippen LogP contribution in [0.15, 0.2) is 58.9 Å². The van der Waals surface area contributed by atoms with E-state index >= 15 is 0 Å². The first kappa shape index (κ1) is 26.2. The molecule has 2 aliphatic heterocycles. The Bertz CT molecular complexity index is 1960. The number of imidazole rings is 1. The van der Waals surface area contributed by atoms with E-state index in [-0.39, 0.29) is 22.3 Å². The van der Waals surface area contributed by atoms with Crippen LogP contribution in [0.2, 0.25) is 5.02 Å². The number of likely N-dealkylation sites (tertiary alicyclic amines) is 1. The number of nitrogens with zero attached hydrogens (tertiary/aromatic N) is 6. The number of ether oxygens (including phenoxy) is 2. The summed E-state index contributed by atoms with van der Waals surface area (Å²) in [5.41, 5.74) is 1.96. The van der Waals surface area contributed by atoms with E-state index in [1.165, 1.54) is 41.0 Å². The molecule has 15 heteroatoms. The summed E-state index contributed by atoms with van der Waals surface area (Å²) in [6.07, 6.45) is 3.17. The van der Waals surface area contributed by atoms with E-state index < -0.39 is 23.6 Å². The van der Waals surface area contributed by atoms with E-state index in [1.807, 2.05) is 0 Å². The molecule has 2 amide bonds. The van der Waals surface area contributed by atoms with E-state index in [2.05, 4.69) is 25.3 Å². The van der Waals surface area contributed by atoms with Crippen LogP contribution in [0.5, 0.6) is 5.75 Å². The zero-order chi connectivity index (χ0) is 29.0.